The number of carbonyl (C=O) groups excluding carboxylic acids is 1. The normalized spacial score (nSPS) is 16.0. The van der Waals surface area contributed by atoms with Gasteiger partial charge in [0.15, 0.2) is 0 Å². The summed E-state index contributed by atoms with van der Waals surface area (Å²) in [5.74, 6) is -0.153. The van der Waals surface area contributed by atoms with Gasteiger partial charge in [-0.2, -0.15) is 10.2 Å². The van der Waals surface area contributed by atoms with Crippen molar-refractivity contribution in [3.05, 3.63) is 29.8 Å². The lowest BCUT2D eigenvalue weighted by Gasteiger charge is -2.22. The number of nitrogens with one attached hydrogen (secondary N) is 2. The topological polar surface area (TPSA) is 76.8 Å². The number of carbonyl (C=O) groups is 1. The van der Waals surface area contributed by atoms with Crippen molar-refractivity contribution in [1.82, 2.24) is 24.9 Å². The van der Waals surface area contributed by atoms with Gasteiger partial charge >= 0.3 is 0 Å². The van der Waals surface area contributed by atoms with E-state index in [1.165, 1.54) is 10.9 Å². The largest absolute Gasteiger partial charge is 0.322 e. The predicted octanol–water partition coefficient (Wildman–Crippen LogP) is 1.30. The molecule has 0 radical (unpaired) electrons. The van der Waals surface area contributed by atoms with Crippen LogP contribution >= 0.6 is 11.6 Å². The highest BCUT2D eigenvalue weighted by Crippen LogP contribution is 2.19. The van der Waals surface area contributed by atoms with Gasteiger partial charge < -0.3 is 10.6 Å². The zero-order chi connectivity index (χ0) is 14.7. The number of hydrogen-bond donors (Lipinski definition) is 2. The minimum atomic E-state index is -0.153. The van der Waals surface area contributed by atoms with E-state index in [4.69, 9.17) is 11.6 Å². The summed E-state index contributed by atoms with van der Waals surface area (Å²) < 4.78 is 3.43. The molecule has 112 valence electrons. The van der Waals surface area contributed by atoms with E-state index in [2.05, 4.69) is 20.8 Å². The first-order chi connectivity index (χ1) is 10.2. The molecule has 3 rings (SSSR count). The molecule has 2 aromatic heterocycles. The molecule has 1 aliphatic rings. The maximum absolute atomic E-state index is 11.9. The number of amides is 1. The summed E-state index contributed by atoms with van der Waals surface area (Å²) in [4.78, 5) is 11.9. The lowest BCUT2D eigenvalue weighted by atomic mass is 10.1. The Morgan fingerprint density at radius 2 is 2.14 bits per heavy atom. The van der Waals surface area contributed by atoms with Gasteiger partial charge in [0.05, 0.1) is 29.1 Å². The predicted molar refractivity (Wildman–Crippen MR) is 79.2 cm³/mol. The summed E-state index contributed by atoms with van der Waals surface area (Å²) in [5.41, 5.74) is 0.705. The van der Waals surface area contributed by atoms with Gasteiger partial charge in [0.2, 0.25) is 5.91 Å². The zero-order valence-electron chi connectivity index (χ0n) is 11.5. The van der Waals surface area contributed by atoms with Gasteiger partial charge in [-0.3, -0.25) is 14.2 Å². The van der Waals surface area contributed by atoms with E-state index in [0.29, 0.717) is 16.8 Å². The van der Waals surface area contributed by atoms with Crippen LogP contribution in [0.2, 0.25) is 5.02 Å². The van der Waals surface area contributed by atoms with Gasteiger partial charge in [0.1, 0.15) is 6.54 Å². The van der Waals surface area contributed by atoms with Crippen LogP contribution in [0.15, 0.2) is 24.8 Å². The van der Waals surface area contributed by atoms with E-state index in [9.17, 15) is 4.79 Å². The molecule has 7 nitrogen and oxygen atoms in total. The number of nitrogens with zero attached hydrogens (tertiary/aromatic N) is 4. The summed E-state index contributed by atoms with van der Waals surface area (Å²) in [6.45, 7) is 2.14. The molecule has 8 heteroatoms. The summed E-state index contributed by atoms with van der Waals surface area (Å²) >= 11 is 5.76. The number of hydrogen-bond acceptors (Lipinski definition) is 4. The van der Waals surface area contributed by atoms with Crippen molar-refractivity contribution in [3.63, 3.8) is 0 Å². The van der Waals surface area contributed by atoms with E-state index in [0.717, 1.165) is 25.9 Å². The van der Waals surface area contributed by atoms with E-state index >= 15 is 0 Å². The van der Waals surface area contributed by atoms with Crippen molar-refractivity contribution in [3.8, 4) is 0 Å². The van der Waals surface area contributed by atoms with Gasteiger partial charge in [0, 0.05) is 12.4 Å². The van der Waals surface area contributed by atoms with Crippen LogP contribution in [0.25, 0.3) is 0 Å². The maximum Gasteiger partial charge on any atom is 0.246 e. The molecule has 0 spiro atoms. The quantitative estimate of drug-likeness (QED) is 0.892. The lowest BCUT2D eigenvalue weighted by Crippen LogP contribution is -2.29. The molecule has 0 unspecified atom stereocenters. The van der Waals surface area contributed by atoms with Crippen molar-refractivity contribution in [2.45, 2.75) is 25.4 Å². The molecule has 0 saturated carbocycles. The standard InChI is InChI=1S/C13H17ClN6O/c14-10-5-16-19(7-10)9-13(21)18-11-6-17-20(8-11)12-1-3-15-4-2-12/h5-8,12,15H,1-4,9H2,(H,18,21). The molecule has 2 N–H and O–H groups in total. The van der Waals surface area contributed by atoms with Crippen LogP contribution in [0.5, 0.6) is 0 Å². The second-order valence-electron chi connectivity index (χ2n) is 5.09. The molecule has 21 heavy (non-hydrogen) atoms. The molecule has 0 bridgehead atoms. The van der Waals surface area contributed by atoms with Crippen LogP contribution in [0.4, 0.5) is 5.69 Å². The number of rotatable bonds is 4. The summed E-state index contributed by atoms with van der Waals surface area (Å²) in [6.07, 6.45) is 8.78. The highest BCUT2D eigenvalue weighted by molar-refractivity contribution is 6.30. The number of halogens is 1. The van der Waals surface area contributed by atoms with E-state index < -0.39 is 0 Å². The Morgan fingerprint density at radius 3 is 2.86 bits per heavy atom. The monoisotopic (exact) mass is 308 g/mol. The van der Waals surface area contributed by atoms with Crippen LogP contribution in [0, 0.1) is 0 Å². The van der Waals surface area contributed by atoms with Gasteiger partial charge in [0.25, 0.3) is 0 Å². The number of piperidine rings is 1. The van der Waals surface area contributed by atoms with Gasteiger partial charge in [-0.15, -0.1) is 0 Å². The first-order valence-electron chi connectivity index (χ1n) is 6.93. The Balaban J connectivity index is 1.57. The first-order valence-corrected chi connectivity index (χ1v) is 7.31. The molecule has 0 aromatic carbocycles. The highest BCUT2D eigenvalue weighted by atomic mass is 35.5. The van der Waals surface area contributed by atoms with Crippen LogP contribution in [0.1, 0.15) is 18.9 Å². The summed E-state index contributed by atoms with van der Waals surface area (Å²) in [5, 5.41) is 15.0. The van der Waals surface area contributed by atoms with E-state index in [1.54, 1.807) is 12.4 Å². The van der Waals surface area contributed by atoms with Gasteiger partial charge in [-0.25, -0.2) is 0 Å². The van der Waals surface area contributed by atoms with Crippen LogP contribution in [0.3, 0.4) is 0 Å². The molecule has 0 aliphatic carbocycles. The van der Waals surface area contributed by atoms with Crippen LogP contribution in [-0.4, -0.2) is 38.6 Å². The minimum absolute atomic E-state index is 0.130. The molecule has 1 fully saturated rings. The summed E-state index contributed by atoms with van der Waals surface area (Å²) in [7, 11) is 0. The Kier molecular flexibility index (Phi) is 4.21. The SMILES string of the molecule is O=C(Cn1cc(Cl)cn1)Nc1cnn(C2CCNCC2)c1. The lowest BCUT2D eigenvalue weighted by molar-refractivity contribution is -0.116. The minimum Gasteiger partial charge on any atom is -0.322 e. The molecular formula is C13H17ClN6O. The number of aromatic nitrogens is 4. The average molecular weight is 309 g/mol. The fraction of sp³-hybridized carbons (Fsp3) is 0.462. The fourth-order valence-electron chi connectivity index (χ4n) is 2.45. The molecule has 1 amide bonds. The Hall–Kier alpha value is -1.86. The molecule has 1 aliphatic heterocycles. The molecule has 3 heterocycles. The van der Waals surface area contributed by atoms with Crippen LogP contribution < -0.4 is 10.6 Å². The Bertz CT molecular complexity index is 616. The third kappa shape index (κ3) is 3.62. The fourth-order valence-corrected chi connectivity index (χ4v) is 2.60. The highest BCUT2D eigenvalue weighted by Gasteiger charge is 2.16. The van der Waals surface area contributed by atoms with Gasteiger partial charge in [-0.05, 0) is 25.9 Å². The maximum atomic E-state index is 11.9. The Morgan fingerprint density at radius 1 is 1.33 bits per heavy atom. The Labute approximate surface area is 127 Å². The smallest absolute Gasteiger partial charge is 0.246 e. The van der Waals surface area contributed by atoms with Crippen molar-refractivity contribution in [1.29, 1.82) is 0 Å². The average Bonchev–Trinajstić information content (AvgIpc) is 3.09. The first kappa shape index (κ1) is 14.1. The second kappa shape index (κ2) is 6.28. The third-order valence-corrected chi connectivity index (χ3v) is 3.67. The van der Waals surface area contributed by atoms with Gasteiger partial charge in [-0.1, -0.05) is 11.6 Å². The molecular weight excluding hydrogens is 292 g/mol. The molecule has 0 atom stereocenters. The summed E-state index contributed by atoms with van der Waals surface area (Å²) in [6, 6.07) is 0.404. The third-order valence-electron chi connectivity index (χ3n) is 3.48. The van der Waals surface area contributed by atoms with E-state index in [1.807, 2.05) is 10.9 Å². The van der Waals surface area contributed by atoms with Crippen molar-refractivity contribution in [2.75, 3.05) is 18.4 Å². The van der Waals surface area contributed by atoms with E-state index in [-0.39, 0.29) is 12.5 Å². The second-order valence-corrected chi connectivity index (χ2v) is 5.53. The van der Waals surface area contributed by atoms with Crippen LogP contribution in [-0.2, 0) is 11.3 Å². The van der Waals surface area contributed by atoms with Crippen molar-refractivity contribution >= 4 is 23.2 Å². The van der Waals surface area contributed by atoms with Crippen molar-refractivity contribution < 1.29 is 4.79 Å². The molecule has 2 aromatic rings. The zero-order valence-corrected chi connectivity index (χ0v) is 12.3. The molecule has 1 saturated heterocycles. The van der Waals surface area contributed by atoms with Crippen molar-refractivity contribution in [2.24, 2.45) is 0 Å². The number of anilines is 1.